The average molecular weight is 445 g/mol. The number of thioether (sulfide) groups is 1. The topological polar surface area (TPSA) is 90.9 Å². The van der Waals surface area contributed by atoms with Gasteiger partial charge in [-0.25, -0.2) is 5.43 Å². The van der Waals surface area contributed by atoms with Gasteiger partial charge in [-0.1, -0.05) is 50.3 Å². The third-order valence-electron chi connectivity index (χ3n) is 6.14. The van der Waals surface area contributed by atoms with E-state index in [0.29, 0.717) is 5.17 Å². The number of carbonyl (C=O) groups excluding carboxylic acids is 3. The number of hydrazone groups is 1. The molecule has 1 heterocycles. The van der Waals surface area contributed by atoms with Crippen LogP contribution in [-0.2, 0) is 14.4 Å². The monoisotopic (exact) mass is 444 g/mol. The first-order valence-electron chi connectivity index (χ1n) is 10.6. The van der Waals surface area contributed by atoms with E-state index >= 15 is 0 Å². The third-order valence-corrected chi connectivity index (χ3v) is 7.19. The second-order valence-corrected chi connectivity index (χ2v) is 9.25. The van der Waals surface area contributed by atoms with Gasteiger partial charge in [0.15, 0.2) is 5.17 Å². The average Bonchev–Trinajstić information content (AvgIpc) is 3.15. The lowest BCUT2D eigenvalue weighted by Crippen LogP contribution is -2.52. The first kappa shape index (κ1) is 24.0. The zero-order chi connectivity index (χ0) is 19.9. The van der Waals surface area contributed by atoms with Crippen LogP contribution >= 0.6 is 24.2 Å². The van der Waals surface area contributed by atoms with Gasteiger partial charge in [-0.2, -0.15) is 0 Å². The van der Waals surface area contributed by atoms with Crippen molar-refractivity contribution >= 4 is 46.9 Å². The lowest BCUT2D eigenvalue weighted by Gasteiger charge is -2.31. The Hall–Kier alpha value is -1.28. The van der Waals surface area contributed by atoms with Gasteiger partial charge in [-0.05, 0) is 31.6 Å². The van der Waals surface area contributed by atoms with Crippen molar-refractivity contribution in [2.75, 3.05) is 19.3 Å². The highest BCUT2D eigenvalue weighted by Crippen LogP contribution is 2.29. The van der Waals surface area contributed by atoms with Crippen LogP contribution in [0.1, 0.15) is 64.2 Å². The highest BCUT2D eigenvalue weighted by atomic mass is 35.5. The fourth-order valence-electron chi connectivity index (χ4n) is 4.39. The SMILES string of the molecule is CN1CCS/C1=N\NC(=O)C(=O)C(NC(=O)C1CCCCC1)C1CCCCC1.Cl. The Morgan fingerprint density at radius 3 is 2.24 bits per heavy atom. The number of amides is 2. The van der Waals surface area contributed by atoms with Crippen LogP contribution < -0.4 is 10.7 Å². The summed E-state index contributed by atoms with van der Waals surface area (Å²) in [6.45, 7) is 0.870. The third kappa shape index (κ3) is 6.60. The van der Waals surface area contributed by atoms with Crippen molar-refractivity contribution in [3.63, 3.8) is 0 Å². The van der Waals surface area contributed by atoms with Crippen molar-refractivity contribution < 1.29 is 14.4 Å². The molecule has 7 nitrogen and oxygen atoms in total. The molecule has 2 amide bonds. The molecular formula is C20H33ClN4O3S. The van der Waals surface area contributed by atoms with Crippen LogP contribution in [0.15, 0.2) is 5.10 Å². The van der Waals surface area contributed by atoms with Crippen LogP contribution in [0.3, 0.4) is 0 Å². The maximum atomic E-state index is 12.9. The number of hydrogen-bond acceptors (Lipinski definition) is 5. The molecule has 0 aromatic rings. The number of amidine groups is 1. The van der Waals surface area contributed by atoms with E-state index in [-0.39, 0.29) is 30.2 Å². The largest absolute Gasteiger partial charge is 0.352 e. The second-order valence-electron chi connectivity index (χ2n) is 8.19. The fourth-order valence-corrected chi connectivity index (χ4v) is 5.36. The summed E-state index contributed by atoms with van der Waals surface area (Å²) < 4.78 is 0. The molecule has 2 N–H and O–H groups in total. The van der Waals surface area contributed by atoms with E-state index in [1.165, 1.54) is 6.42 Å². The first-order chi connectivity index (χ1) is 13.6. The molecule has 9 heteroatoms. The van der Waals surface area contributed by atoms with E-state index < -0.39 is 17.7 Å². The van der Waals surface area contributed by atoms with Crippen LogP contribution in [0.25, 0.3) is 0 Å². The van der Waals surface area contributed by atoms with Crippen molar-refractivity contribution in [3.05, 3.63) is 0 Å². The van der Waals surface area contributed by atoms with Gasteiger partial charge in [0.25, 0.3) is 0 Å². The molecule has 0 aromatic carbocycles. The summed E-state index contributed by atoms with van der Waals surface area (Å²) in [4.78, 5) is 40.1. The summed E-state index contributed by atoms with van der Waals surface area (Å²) in [7, 11) is 1.90. The number of halogens is 1. The maximum absolute atomic E-state index is 12.9. The molecule has 3 fully saturated rings. The van der Waals surface area contributed by atoms with Crippen molar-refractivity contribution in [1.82, 2.24) is 15.6 Å². The number of carbonyl (C=O) groups is 3. The molecule has 1 atom stereocenters. The van der Waals surface area contributed by atoms with Gasteiger partial charge >= 0.3 is 5.91 Å². The standard InChI is InChI=1S/C20H32N4O3S.ClH/c1-24-12-13-28-20(24)23-22-19(27)17(25)16(14-8-4-2-5-9-14)21-18(26)15-10-6-3-7-11-15;/h14-16H,2-13H2,1H3,(H,21,26)(H,22,27);1H/b23-20-;. The molecule has 3 rings (SSSR count). The molecule has 0 aromatic heterocycles. The van der Waals surface area contributed by atoms with E-state index in [4.69, 9.17) is 0 Å². The van der Waals surface area contributed by atoms with E-state index in [2.05, 4.69) is 15.8 Å². The summed E-state index contributed by atoms with van der Waals surface area (Å²) >= 11 is 1.55. The molecular weight excluding hydrogens is 412 g/mol. The lowest BCUT2D eigenvalue weighted by atomic mass is 9.81. The second kappa shape index (κ2) is 11.8. The zero-order valence-corrected chi connectivity index (χ0v) is 18.8. The number of hydrogen-bond donors (Lipinski definition) is 2. The number of nitrogens with one attached hydrogen (secondary N) is 2. The maximum Gasteiger partial charge on any atom is 0.309 e. The van der Waals surface area contributed by atoms with Crippen molar-refractivity contribution in [1.29, 1.82) is 0 Å². The van der Waals surface area contributed by atoms with Crippen LogP contribution in [0, 0.1) is 11.8 Å². The van der Waals surface area contributed by atoms with Crippen molar-refractivity contribution in [2.45, 2.75) is 70.3 Å². The van der Waals surface area contributed by atoms with Crippen LogP contribution in [0.5, 0.6) is 0 Å². The Morgan fingerprint density at radius 1 is 1.03 bits per heavy atom. The van der Waals surface area contributed by atoms with Crippen LogP contribution in [0.4, 0.5) is 0 Å². The Kier molecular flexibility index (Phi) is 9.75. The van der Waals surface area contributed by atoms with E-state index in [9.17, 15) is 14.4 Å². The van der Waals surface area contributed by atoms with Gasteiger partial charge < -0.3 is 10.2 Å². The zero-order valence-electron chi connectivity index (χ0n) is 17.2. The lowest BCUT2D eigenvalue weighted by molar-refractivity contribution is -0.141. The minimum atomic E-state index is -0.733. The van der Waals surface area contributed by atoms with Gasteiger partial charge in [0, 0.05) is 25.3 Å². The molecule has 2 saturated carbocycles. The number of ketones is 1. The summed E-state index contributed by atoms with van der Waals surface area (Å²) in [6, 6.07) is -0.733. The quantitative estimate of drug-likeness (QED) is 0.485. The molecule has 0 radical (unpaired) electrons. The molecule has 164 valence electrons. The van der Waals surface area contributed by atoms with Crippen molar-refractivity contribution in [3.8, 4) is 0 Å². The van der Waals surface area contributed by atoms with Gasteiger partial charge in [0.05, 0.1) is 0 Å². The number of nitrogens with zero attached hydrogens (tertiary/aromatic N) is 2. The van der Waals surface area contributed by atoms with E-state index in [1.54, 1.807) is 11.8 Å². The summed E-state index contributed by atoms with van der Waals surface area (Å²) in [6.07, 6.45) is 10.0. The minimum Gasteiger partial charge on any atom is -0.352 e. The predicted octanol–water partition coefficient (Wildman–Crippen LogP) is 2.69. The fraction of sp³-hybridized carbons (Fsp3) is 0.800. The van der Waals surface area contributed by atoms with E-state index in [0.717, 1.165) is 70.1 Å². The summed E-state index contributed by atoms with van der Waals surface area (Å²) in [5, 5.41) is 7.76. The van der Waals surface area contributed by atoms with Crippen LogP contribution in [0.2, 0.25) is 0 Å². The summed E-state index contributed by atoms with van der Waals surface area (Å²) in [5.41, 5.74) is 2.41. The molecule has 1 saturated heterocycles. The minimum absolute atomic E-state index is 0. The molecule has 1 aliphatic heterocycles. The molecule has 1 unspecified atom stereocenters. The predicted molar refractivity (Wildman–Crippen MR) is 118 cm³/mol. The molecule has 2 aliphatic carbocycles. The number of rotatable bonds is 6. The van der Waals surface area contributed by atoms with Crippen LogP contribution in [-0.4, -0.2) is 53.1 Å². The van der Waals surface area contributed by atoms with Gasteiger partial charge in [0.2, 0.25) is 11.7 Å². The Bertz CT molecular complexity index is 619. The van der Waals surface area contributed by atoms with Crippen molar-refractivity contribution in [2.24, 2.45) is 16.9 Å². The van der Waals surface area contributed by atoms with Gasteiger partial charge in [-0.15, -0.1) is 17.5 Å². The highest BCUT2D eigenvalue weighted by molar-refractivity contribution is 8.14. The molecule has 0 bridgehead atoms. The van der Waals surface area contributed by atoms with Gasteiger partial charge in [0.1, 0.15) is 6.04 Å². The summed E-state index contributed by atoms with van der Waals surface area (Å²) in [5.74, 6) is -0.426. The van der Waals surface area contributed by atoms with E-state index in [1.807, 2.05) is 11.9 Å². The normalized spacial score (nSPS) is 23.3. The first-order valence-corrected chi connectivity index (χ1v) is 11.6. The Morgan fingerprint density at radius 2 is 1.66 bits per heavy atom. The highest BCUT2D eigenvalue weighted by Gasteiger charge is 2.36. The molecule has 29 heavy (non-hydrogen) atoms. The molecule has 3 aliphatic rings. The Labute approximate surface area is 183 Å². The molecule has 0 spiro atoms. The Balaban J connectivity index is 0.00000300. The smallest absolute Gasteiger partial charge is 0.309 e. The van der Waals surface area contributed by atoms with Gasteiger partial charge in [-0.3, -0.25) is 14.4 Å². The number of Topliss-reactive ketones (excluding diaryl/α,β-unsaturated/α-hetero) is 1.